The van der Waals surface area contributed by atoms with Crippen molar-refractivity contribution >= 4 is 41.0 Å². The number of anilines is 1. The van der Waals surface area contributed by atoms with Gasteiger partial charge >= 0.3 is 0 Å². The fraction of sp³-hybridized carbons (Fsp3) is 0.357. The molecule has 3 aromatic rings. The highest BCUT2D eigenvalue weighted by molar-refractivity contribution is 7.99. The molecule has 0 N–H and O–H groups in total. The van der Waals surface area contributed by atoms with E-state index in [0.29, 0.717) is 55.0 Å². The SMILES string of the molecule is COc1ccc(C(=O)N2CCN(c3cc(Cl)nc(SCC(=O)N(CCC#N)Cc4cccnc4)n3)CC2C)cc1. The Morgan fingerprint density at radius 3 is 2.70 bits per heavy atom. The molecule has 4 rings (SSSR count). The largest absolute Gasteiger partial charge is 0.497 e. The first-order valence-corrected chi connectivity index (χ1v) is 14.1. The van der Waals surface area contributed by atoms with Gasteiger partial charge in [0.1, 0.15) is 16.7 Å². The monoisotopic (exact) mass is 579 g/mol. The number of methoxy groups -OCH3 is 1. The van der Waals surface area contributed by atoms with Crippen LogP contribution in [0.3, 0.4) is 0 Å². The molecule has 1 aromatic carbocycles. The predicted octanol–water partition coefficient (Wildman–Crippen LogP) is 3.92. The van der Waals surface area contributed by atoms with E-state index in [1.54, 1.807) is 54.7 Å². The number of benzene rings is 1. The fourth-order valence-electron chi connectivity index (χ4n) is 4.39. The van der Waals surface area contributed by atoms with Crippen molar-refractivity contribution in [3.05, 3.63) is 71.1 Å². The number of hydrogen-bond donors (Lipinski definition) is 0. The molecule has 2 amide bonds. The van der Waals surface area contributed by atoms with E-state index in [0.717, 1.165) is 5.56 Å². The van der Waals surface area contributed by atoms with Gasteiger partial charge < -0.3 is 19.4 Å². The fourth-order valence-corrected chi connectivity index (χ4v) is 5.37. The Morgan fingerprint density at radius 2 is 2.02 bits per heavy atom. The molecule has 12 heteroatoms. The Hall–Kier alpha value is -3.88. The average Bonchev–Trinajstić information content (AvgIpc) is 2.98. The van der Waals surface area contributed by atoms with E-state index < -0.39 is 0 Å². The molecular weight excluding hydrogens is 550 g/mol. The third-order valence-corrected chi connectivity index (χ3v) is 7.50. The number of rotatable bonds is 10. The molecule has 40 heavy (non-hydrogen) atoms. The van der Waals surface area contributed by atoms with Crippen LogP contribution in [0.4, 0.5) is 5.82 Å². The van der Waals surface area contributed by atoms with Gasteiger partial charge in [-0.2, -0.15) is 5.26 Å². The van der Waals surface area contributed by atoms with Crippen molar-refractivity contribution in [1.29, 1.82) is 5.26 Å². The van der Waals surface area contributed by atoms with E-state index in [4.69, 9.17) is 21.6 Å². The quantitative estimate of drug-likeness (QED) is 0.200. The summed E-state index contributed by atoms with van der Waals surface area (Å²) in [6.07, 6.45) is 3.62. The second-order valence-electron chi connectivity index (χ2n) is 9.23. The number of aromatic nitrogens is 3. The van der Waals surface area contributed by atoms with E-state index in [2.05, 4.69) is 25.9 Å². The minimum absolute atomic E-state index is 0.0301. The van der Waals surface area contributed by atoms with Crippen molar-refractivity contribution in [2.24, 2.45) is 0 Å². The summed E-state index contributed by atoms with van der Waals surface area (Å²) in [5.41, 5.74) is 1.50. The van der Waals surface area contributed by atoms with E-state index >= 15 is 0 Å². The van der Waals surface area contributed by atoms with Gasteiger partial charge in [-0.1, -0.05) is 29.4 Å². The van der Waals surface area contributed by atoms with E-state index in [1.807, 2.05) is 24.0 Å². The Bertz CT molecular complexity index is 1350. The van der Waals surface area contributed by atoms with Crippen molar-refractivity contribution in [1.82, 2.24) is 24.8 Å². The number of ether oxygens (including phenoxy) is 1. The van der Waals surface area contributed by atoms with Crippen LogP contribution < -0.4 is 9.64 Å². The summed E-state index contributed by atoms with van der Waals surface area (Å²) < 4.78 is 5.19. The molecular formula is C28H30ClN7O3S. The highest BCUT2D eigenvalue weighted by atomic mass is 35.5. The molecule has 1 unspecified atom stereocenters. The highest BCUT2D eigenvalue weighted by Gasteiger charge is 2.29. The molecule has 1 aliphatic heterocycles. The van der Waals surface area contributed by atoms with E-state index in [1.165, 1.54) is 11.8 Å². The second-order valence-corrected chi connectivity index (χ2v) is 10.6. The number of carbonyl (C=O) groups is 2. The smallest absolute Gasteiger partial charge is 0.254 e. The molecule has 0 aliphatic carbocycles. The van der Waals surface area contributed by atoms with Gasteiger partial charge in [0.05, 0.1) is 25.4 Å². The molecule has 0 spiro atoms. The zero-order valence-corrected chi connectivity index (χ0v) is 23.9. The summed E-state index contributed by atoms with van der Waals surface area (Å²) >= 11 is 7.54. The number of amides is 2. The van der Waals surface area contributed by atoms with Crippen LogP contribution in [0.25, 0.3) is 0 Å². The first-order valence-electron chi connectivity index (χ1n) is 12.8. The number of nitrogens with zero attached hydrogens (tertiary/aromatic N) is 7. The molecule has 1 fully saturated rings. The maximum atomic E-state index is 13.1. The highest BCUT2D eigenvalue weighted by Crippen LogP contribution is 2.25. The zero-order chi connectivity index (χ0) is 28.5. The van der Waals surface area contributed by atoms with Crippen molar-refractivity contribution in [3.63, 3.8) is 0 Å². The zero-order valence-electron chi connectivity index (χ0n) is 22.4. The van der Waals surface area contributed by atoms with Gasteiger partial charge in [-0.25, -0.2) is 9.97 Å². The molecule has 0 radical (unpaired) electrons. The average molecular weight is 580 g/mol. The number of piperazine rings is 1. The molecule has 10 nitrogen and oxygen atoms in total. The van der Waals surface area contributed by atoms with Gasteiger partial charge in [0.25, 0.3) is 5.91 Å². The van der Waals surface area contributed by atoms with Gasteiger partial charge in [0.2, 0.25) is 5.91 Å². The predicted molar refractivity (Wildman–Crippen MR) is 153 cm³/mol. The number of pyridine rings is 1. The maximum Gasteiger partial charge on any atom is 0.254 e. The number of halogens is 1. The lowest BCUT2D eigenvalue weighted by Gasteiger charge is -2.40. The molecule has 0 saturated carbocycles. The number of carbonyl (C=O) groups excluding carboxylic acids is 2. The molecule has 1 atom stereocenters. The third kappa shape index (κ3) is 7.61. The summed E-state index contributed by atoms with van der Waals surface area (Å²) in [7, 11) is 1.59. The molecule has 0 bridgehead atoms. The number of nitriles is 1. The van der Waals surface area contributed by atoms with E-state index in [-0.39, 0.29) is 35.2 Å². The minimum atomic E-state index is -0.131. The van der Waals surface area contributed by atoms with Crippen molar-refractivity contribution in [3.8, 4) is 11.8 Å². The Balaban J connectivity index is 1.38. The van der Waals surface area contributed by atoms with Gasteiger partial charge in [0.15, 0.2) is 5.16 Å². The molecule has 1 aliphatic rings. The minimum Gasteiger partial charge on any atom is -0.497 e. The summed E-state index contributed by atoms with van der Waals surface area (Å²) in [6, 6.07) is 14.5. The number of hydrogen-bond acceptors (Lipinski definition) is 9. The molecule has 1 saturated heterocycles. The lowest BCUT2D eigenvalue weighted by Crippen LogP contribution is -2.54. The van der Waals surface area contributed by atoms with Crippen LogP contribution in [0.5, 0.6) is 5.75 Å². The summed E-state index contributed by atoms with van der Waals surface area (Å²) in [6.45, 7) is 4.37. The molecule has 2 aromatic heterocycles. The van der Waals surface area contributed by atoms with E-state index in [9.17, 15) is 9.59 Å². The van der Waals surface area contributed by atoms with Crippen molar-refractivity contribution in [2.45, 2.75) is 31.1 Å². The van der Waals surface area contributed by atoms with Gasteiger partial charge in [0, 0.05) is 62.8 Å². The van der Waals surface area contributed by atoms with Crippen LogP contribution in [0, 0.1) is 11.3 Å². The first-order chi connectivity index (χ1) is 19.4. The normalized spacial score (nSPS) is 14.9. The van der Waals surface area contributed by atoms with Crippen molar-refractivity contribution in [2.75, 3.05) is 43.9 Å². The summed E-state index contributed by atoms with van der Waals surface area (Å²) in [4.78, 5) is 44.8. The molecule has 208 valence electrons. The first kappa shape index (κ1) is 29.1. The third-order valence-electron chi connectivity index (χ3n) is 6.48. The summed E-state index contributed by atoms with van der Waals surface area (Å²) in [5.74, 6) is 1.29. The van der Waals surface area contributed by atoms with Crippen LogP contribution in [-0.4, -0.2) is 81.6 Å². The second kappa shape index (κ2) is 14.0. The Kier molecular flexibility index (Phi) is 10.2. The van der Waals surface area contributed by atoms with Gasteiger partial charge in [-0.05, 0) is 42.8 Å². The topological polar surface area (TPSA) is 116 Å². The molecule has 3 heterocycles. The standard InChI is InChI=1S/C28H30ClN7O3S/c1-20-17-34(13-14-36(20)27(38)22-6-8-23(39-2)9-7-22)25-15-24(29)32-28(33-25)40-19-26(37)35(12-4-10-30)18-21-5-3-11-31-16-21/h3,5-9,11,15-16,20H,4,12-14,17-19H2,1-2H3. The van der Waals surface area contributed by atoms with Crippen LogP contribution in [0.2, 0.25) is 5.15 Å². The number of thioether (sulfide) groups is 1. The summed E-state index contributed by atoms with van der Waals surface area (Å²) in [5, 5.41) is 9.70. The lowest BCUT2D eigenvalue weighted by atomic mass is 10.1. The van der Waals surface area contributed by atoms with Crippen molar-refractivity contribution < 1.29 is 14.3 Å². The Labute approximate surface area is 242 Å². The van der Waals surface area contributed by atoms with Gasteiger partial charge in [-0.15, -0.1) is 0 Å². The van der Waals surface area contributed by atoms with Crippen LogP contribution in [0.1, 0.15) is 29.3 Å². The van der Waals surface area contributed by atoms with Crippen LogP contribution >= 0.6 is 23.4 Å². The van der Waals surface area contributed by atoms with Crippen LogP contribution in [-0.2, 0) is 11.3 Å². The Morgan fingerprint density at radius 1 is 1.23 bits per heavy atom. The lowest BCUT2D eigenvalue weighted by molar-refractivity contribution is -0.128. The maximum absolute atomic E-state index is 13.1. The van der Waals surface area contributed by atoms with Gasteiger partial charge in [-0.3, -0.25) is 14.6 Å². The van der Waals surface area contributed by atoms with Crippen LogP contribution in [0.15, 0.2) is 60.0 Å².